The molecule has 0 atom stereocenters. The Morgan fingerprint density at radius 1 is 1.12 bits per heavy atom. The number of nitrogens with zero attached hydrogens (tertiary/aromatic N) is 5. The van der Waals surface area contributed by atoms with E-state index in [1.165, 1.54) is 11.6 Å². The van der Waals surface area contributed by atoms with Gasteiger partial charge in [-0.1, -0.05) is 0 Å². The molecule has 3 heterocycles. The number of ether oxygens (including phenoxy) is 3. The molecule has 2 aromatic heterocycles. The Balaban J connectivity index is 1.73. The molecule has 0 radical (unpaired) electrons. The fraction of sp³-hybridized carbons (Fsp3) is 0.500. The van der Waals surface area contributed by atoms with Crippen molar-refractivity contribution in [2.75, 3.05) is 58.5 Å². The monoisotopic (exact) mass is 458 g/mol. The Morgan fingerprint density at radius 3 is 2.58 bits per heavy atom. The van der Waals surface area contributed by atoms with Gasteiger partial charge in [-0.3, -0.25) is 18.8 Å². The van der Waals surface area contributed by atoms with Gasteiger partial charge in [0.2, 0.25) is 5.95 Å². The summed E-state index contributed by atoms with van der Waals surface area (Å²) in [5.41, 5.74) is 0.718. The van der Waals surface area contributed by atoms with Crippen molar-refractivity contribution in [3.63, 3.8) is 0 Å². The van der Waals surface area contributed by atoms with Crippen LogP contribution >= 0.6 is 0 Å². The van der Waals surface area contributed by atoms with Crippen LogP contribution in [0.5, 0.6) is 11.5 Å². The lowest BCUT2D eigenvalue weighted by atomic mass is 10.1. The van der Waals surface area contributed by atoms with E-state index in [0.717, 1.165) is 41.3 Å². The summed E-state index contributed by atoms with van der Waals surface area (Å²) in [6.07, 6.45) is 0. The molecule has 11 nitrogen and oxygen atoms in total. The molecule has 1 aliphatic rings. The minimum atomic E-state index is -0.417. The number of hydrogen-bond acceptors (Lipinski definition) is 8. The zero-order valence-electron chi connectivity index (χ0n) is 19.5. The van der Waals surface area contributed by atoms with Crippen molar-refractivity contribution < 1.29 is 14.2 Å². The highest BCUT2D eigenvalue weighted by Crippen LogP contribution is 2.27. The summed E-state index contributed by atoms with van der Waals surface area (Å²) in [6, 6.07) is 5.64. The van der Waals surface area contributed by atoms with Gasteiger partial charge in [0, 0.05) is 52.4 Å². The Kier molecular flexibility index (Phi) is 6.70. The molecular formula is C22H30N6O5. The highest BCUT2D eigenvalue weighted by atomic mass is 16.5. The molecule has 1 N–H and O–H groups in total. The van der Waals surface area contributed by atoms with Crippen molar-refractivity contribution in [1.82, 2.24) is 24.0 Å². The van der Waals surface area contributed by atoms with Crippen LogP contribution in [0, 0.1) is 0 Å². The van der Waals surface area contributed by atoms with Gasteiger partial charge in [-0.05, 0) is 18.2 Å². The van der Waals surface area contributed by atoms with Gasteiger partial charge in [0.25, 0.3) is 5.56 Å². The first-order chi connectivity index (χ1) is 15.9. The molecule has 4 rings (SSSR count). The Labute approximate surface area is 191 Å². The van der Waals surface area contributed by atoms with Gasteiger partial charge in [-0.15, -0.1) is 0 Å². The van der Waals surface area contributed by atoms with E-state index in [9.17, 15) is 9.59 Å². The highest BCUT2D eigenvalue weighted by molar-refractivity contribution is 5.73. The third-order valence-electron chi connectivity index (χ3n) is 6.02. The molecule has 11 heteroatoms. The van der Waals surface area contributed by atoms with E-state index in [0.29, 0.717) is 43.4 Å². The first-order valence-corrected chi connectivity index (χ1v) is 10.8. The number of aromatic nitrogens is 4. The van der Waals surface area contributed by atoms with Crippen molar-refractivity contribution >= 4 is 17.1 Å². The zero-order valence-corrected chi connectivity index (χ0v) is 19.5. The summed E-state index contributed by atoms with van der Waals surface area (Å²) in [6.45, 7) is 5.08. The van der Waals surface area contributed by atoms with E-state index in [-0.39, 0.29) is 0 Å². The van der Waals surface area contributed by atoms with Crippen LogP contribution in [-0.2, 0) is 25.4 Å². The third kappa shape index (κ3) is 4.60. The minimum absolute atomic E-state index is 0.295. The van der Waals surface area contributed by atoms with Gasteiger partial charge < -0.3 is 24.1 Å². The molecule has 33 heavy (non-hydrogen) atoms. The van der Waals surface area contributed by atoms with Crippen LogP contribution in [0.15, 0.2) is 27.8 Å². The number of morpholine rings is 1. The van der Waals surface area contributed by atoms with Crippen LogP contribution in [0.25, 0.3) is 11.2 Å². The van der Waals surface area contributed by atoms with Crippen molar-refractivity contribution in [3.8, 4) is 11.5 Å². The van der Waals surface area contributed by atoms with E-state index < -0.39 is 11.2 Å². The number of anilines is 1. The van der Waals surface area contributed by atoms with Gasteiger partial charge >= 0.3 is 5.69 Å². The van der Waals surface area contributed by atoms with Crippen molar-refractivity contribution in [2.24, 2.45) is 14.1 Å². The first-order valence-electron chi connectivity index (χ1n) is 10.8. The van der Waals surface area contributed by atoms with Gasteiger partial charge in [0.15, 0.2) is 11.2 Å². The smallest absolute Gasteiger partial charge is 0.332 e. The normalized spacial score (nSPS) is 14.5. The molecule has 0 saturated carbocycles. The topological polar surface area (TPSA) is 107 Å². The zero-order chi connectivity index (χ0) is 23.5. The number of methoxy groups -OCH3 is 2. The molecule has 1 saturated heterocycles. The number of benzene rings is 1. The standard InChI is InChI=1S/C22H30N6O5/c1-25-19-18(20(29)26(2)22(25)30)23-21(24-19)28(8-7-27-9-11-33-12-10-27)14-15-13-16(31-3)5-6-17(15)32-4/h5-6,13H,7-12,14H2,1-4H3,(H,23,24). The minimum Gasteiger partial charge on any atom is -0.497 e. The summed E-state index contributed by atoms with van der Waals surface area (Å²) < 4.78 is 18.9. The first kappa shape index (κ1) is 22.9. The number of rotatable bonds is 8. The maximum atomic E-state index is 12.7. The third-order valence-corrected chi connectivity index (χ3v) is 6.02. The second-order valence-corrected chi connectivity index (χ2v) is 8.02. The summed E-state index contributed by atoms with van der Waals surface area (Å²) in [5.74, 6) is 1.97. The molecule has 3 aromatic rings. The maximum Gasteiger partial charge on any atom is 0.332 e. The second kappa shape index (κ2) is 9.67. The van der Waals surface area contributed by atoms with Crippen LogP contribution in [-0.4, -0.2) is 77.6 Å². The fourth-order valence-electron chi connectivity index (χ4n) is 4.02. The van der Waals surface area contributed by atoms with Gasteiger partial charge in [-0.2, -0.15) is 4.98 Å². The van der Waals surface area contributed by atoms with Crippen LogP contribution in [0.3, 0.4) is 0 Å². The number of fused-ring (bicyclic) bond motifs is 1. The Morgan fingerprint density at radius 2 is 1.88 bits per heavy atom. The van der Waals surface area contributed by atoms with E-state index in [1.54, 1.807) is 21.3 Å². The Hall–Kier alpha value is -3.31. The predicted molar refractivity (Wildman–Crippen MR) is 124 cm³/mol. The summed E-state index contributed by atoms with van der Waals surface area (Å²) >= 11 is 0. The lowest BCUT2D eigenvalue weighted by Crippen LogP contribution is -2.41. The molecule has 0 spiro atoms. The molecule has 1 aromatic carbocycles. The van der Waals surface area contributed by atoms with E-state index in [2.05, 4.69) is 19.8 Å². The quantitative estimate of drug-likeness (QED) is 0.514. The van der Waals surface area contributed by atoms with Gasteiger partial charge in [-0.25, -0.2) is 4.79 Å². The number of hydrogen-bond donors (Lipinski definition) is 1. The number of nitrogens with one attached hydrogen (secondary N) is 1. The average Bonchev–Trinajstić information content (AvgIpc) is 3.30. The molecule has 178 valence electrons. The average molecular weight is 459 g/mol. The molecule has 1 fully saturated rings. The SMILES string of the molecule is COc1ccc(OC)c(CN(CCN2CCOCC2)c2nc3c([nH]2)c(=O)n(C)c(=O)n3C)c1. The predicted octanol–water partition coefficient (Wildman–Crippen LogP) is 0.316. The van der Waals surface area contributed by atoms with Crippen molar-refractivity contribution in [3.05, 3.63) is 44.6 Å². The molecular weight excluding hydrogens is 428 g/mol. The largest absolute Gasteiger partial charge is 0.497 e. The molecule has 0 bridgehead atoms. The fourth-order valence-corrected chi connectivity index (χ4v) is 4.02. The molecule has 1 aliphatic heterocycles. The van der Waals surface area contributed by atoms with Crippen molar-refractivity contribution in [1.29, 1.82) is 0 Å². The number of aromatic amines is 1. The number of H-pyrrole nitrogens is 1. The van der Waals surface area contributed by atoms with E-state index in [1.807, 2.05) is 18.2 Å². The molecule has 0 unspecified atom stereocenters. The van der Waals surface area contributed by atoms with Gasteiger partial charge in [0.05, 0.1) is 27.4 Å². The van der Waals surface area contributed by atoms with Crippen molar-refractivity contribution in [2.45, 2.75) is 6.54 Å². The number of imidazole rings is 1. The lowest BCUT2D eigenvalue weighted by Gasteiger charge is -2.30. The molecule has 0 aliphatic carbocycles. The second-order valence-electron chi connectivity index (χ2n) is 8.02. The highest BCUT2D eigenvalue weighted by Gasteiger charge is 2.20. The van der Waals surface area contributed by atoms with Gasteiger partial charge in [0.1, 0.15) is 11.5 Å². The van der Waals surface area contributed by atoms with Crippen LogP contribution in [0.4, 0.5) is 5.95 Å². The summed E-state index contributed by atoms with van der Waals surface area (Å²) in [5, 5.41) is 0. The lowest BCUT2D eigenvalue weighted by molar-refractivity contribution is 0.0391. The van der Waals surface area contributed by atoms with E-state index >= 15 is 0 Å². The Bertz CT molecular complexity index is 1240. The van der Waals surface area contributed by atoms with Crippen LogP contribution in [0.2, 0.25) is 0 Å². The molecule has 0 amide bonds. The summed E-state index contributed by atoms with van der Waals surface area (Å²) in [7, 11) is 6.32. The maximum absolute atomic E-state index is 12.7. The van der Waals surface area contributed by atoms with Crippen LogP contribution < -0.4 is 25.6 Å². The van der Waals surface area contributed by atoms with Crippen LogP contribution in [0.1, 0.15) is 5.56 Å². The summed E-state index contributed by atoms with van der Waals surface area (Å²) in [4.78, 5) is 37.2. The number of aryl methyl sites for hydroxylation is 1. The van der Waals surface area contributed by atoms with E-state index in [4.69, 9.17) is 14.2 Å².